The van der Waals surface area contributed by atoms with Crippen LogP contribution in [0, 0.1) is 0 Å². The molecule has 1 fully saturated rings. The van der Waals surface area contributed by atoms with Crippen molar-refractivity contribution in [1.82, 2.24) is 5.32 Å². The van der Waals surface area contributed by atoms with Crippen LogP contribution in [0.4, 0.5) is 0 Å². The van der Waals surface area contributed by atoms with Gasteiger partial charge in [-0.1, -0.05) is 19.1 Å². The number of benzene rings is 1. The standard InChI is InChI=1S/C17H25NO2/c1-2-10-18-16-9-8-15-14(16)6-3-7-17(15)20-12-13-5-4-11-19-13/h3,6-7,13,16,18H,2,4-5,8-12H2,1H3. The molecule has 0 saturated carbocycles. The van der Waals surface area contributed by atoms with E-state index >= 15 is 0 Å². The summed E-state index contributed by atoms with van der Waals surface area (Å²) < 4.78 is 11.7. The zero-order chi connectivity index (χ0) is 13.8. The predicted octanol–water partition coefficient (Wildman–Crippen LogP) is 3.23. The van der Waals surface area contributed by atoms with Crippen molar-refractivity contribution in [1.29, 1.82) is 0 Å². The molecular formula is C17H25NO2. The average Bonchev–Trinajstić information content (AvgIpc) is 3.12. The van der Waals surface area contributed by atoms with Crippen LogP contribution in [0.5, 0.6) is 5.75 Å². The number of nitrogens with one attached hydrogen (secondary N) is 1. The van der Waals surface area contributed by atoms with Crippen LogP contribution in [0.2, 0.25) is 0 Å². The lowest BCUT2D eigenvalue weighted by molar-refractivity contribution is 0.0676. The Bertz CT molecular complexity index is 441. The van der Waals surface area contributed by atoms with E-state index in [1.165, 1.54) is 30.4 Å². The van der Waals surface area contributed by atoms with Gasteiger partial charge in [-0.2, -0.15) is 0 Å². The third kappa shape index (κ3) is 2.99. The van der Waals surface area contributed by atoms with Crippen LogP contribution < -0.4 is 10.1 Å². The molecule has 2 unspecified atom stereocenters. The van der Waals surface area contributed by atoms with E-state index in [-0.39, 0.29) is 0 Å². The highest BCUT2D eigenvalue weighted by molar-refractivity contribution is 5.45. The van der Waals surface area contributed by atoms with Crippen molar-refractivity contribution in [2.24, 2.45) is 0 Å². The van der Waals surface area contributed by atoms with E-state index in [0.29, 0.717) is 18.8 Å². The van der Waals surface area contributed by atoms with Gasteiger partial charge in [0.15, 0.2) is 0 Å². The van der Waals surface area contributed by atoms with Gasteiger partial charge in [-0.15, -0.1) is 0 Å². The first-order valence-electron chi connectivity index (χ1n) is 7.98. The highest BCUT2D eigenvalue weighted by atomic mass is 16.5. The summed E-state index contributed by atoms with van der Waals surface area (Å²) in [5.74, 6) is 1.07. The minimum atomic E-state index is 0.293. The number of hydrogen-bond donors (Lipinski definition) is 1. The normalized spacial score (nSPS) is 24.9. The molecule has 1 N–H and O–H groups in total. The lowest BCUT2D eigenvalue weighted by Crippen LogP contribution is -2.20. The van der Waals surface area contributed by atoms with E-state index in [1.54, 1.807) is 0 Å². The summed E-state index contributed by atoms with van der Waals surface area (Å²) >= 11 is 0. The summed E-state index contributed by atoms with van der Waals surface area (Å²) in [6.45, 7) is 4.89. The molecular weight excluding hydrogens is 250 g/mol. The number of rotatable bonds is 6. The summed E-state index contributed by atoms with van der Waals surface area (Å²) in [4.78, 5) is 0. The van der Waals surface area contributed by atoms with E-state index in [4.69, 9.17) is 9.47 Å². The second-order valence-electron chi connectivity index (χ2n) is 5.82. The van der Waals surface area contributed by atoms with Crippen LogP contribution in [0.25, 0.3) is 0 Å². The van der Waals surface area contributed by atoms with E-state index < -0.39 is 0 Å². The van der Waals surface area contributed by atoms with Gasteiger partial charge in [0.05, 0.1) is 6.10 Å². The number of hydrogen-bond acceptors (Lipinski definition) is 3. The molecule has 0 radical (unpaired) electrons. The summed E-state index contributed by atoms with van der Waals surface area (Å²) in [6, 6.07) is 6.98. The smallest absolute Gasteiger partial charge is 0.122 e. The summed E-state index contributed by atoms with van der Waals surface area (Å²) in [6.07, 6.45) is 6.09. The Morgan fingerprint density at radius 1 is 1.35 bits per heavy atom. The molecule has 1 aliphatic heterocycles. The fourth-order valence-electron chi connectivity index (χ4n) is 3.25. The van der Waals surface area contributed by atoms with E-state index in [9.17, 15) is 0 Å². The van der Waals surface area contributed by atoms with Gasteiger partial charge in [0.25, 0.3) is 0 Å². The third-order valence-electron chi connectivity index (χ3n) is 4.32. The van der Waals surface area contributed by atoms with Crippen LogP contribution in [0.3, 0.4) is 0 Å². The van der Waals surface area contributed by atoms with Gasteiger partial charge in [0, 0.05) is 12.6 Å². The van der Waals surface area contributed by atoms with Crippen molar-refractivity contribution in [3.63, 3.8) is 0 Å². The topological polar surface area (TPSA) is 30.5 Å². The molecule has 1 heterocycles. The zero-order valence-electron chi connectivity index (χ0n) is 12.4. The van der Waals surface area contributed by atoms with Crippen molar-refractivity contribution in [2.45, 2.75) is 51.2 Å². The zero-order valence-corrected chi connectivity index (χ0v) is 12.4. The maximum Gasteiger partial charge on any atom is 0.122 e. The maximum atomic E-state index is 6.03. The molecule has 2 atom stereocenters. The molecule has 2 aliphatic rings. The fraction of sp³-hybridized carbons (Fsp3) is 0.647. The minimum Gasteiger partial charge on any atom is -0.491 e. The fourth-order valence-corrected chi connectivity index (χ4v) is 3.25. The molecule has 0 spiro atoms. The molecule has 110 valence electrons. The van der Waals surface area contributed by atoms with Crippen molar-refractivity contribution >= 4 is 0 Å². The highest BCUT2D eigenvalue weighted by Gasteiger charge is 2.25. The van der Waals surface area contributed by atoms with Crippen molar-refractivity contribution < 1.29 is 9.47 Å². The van der Waals surface area contributed by atoms with Crippen molar-refractivity contribution in [3.8, 4) is 5.75 Å². The second kappa shape index (κ2) is 6.59. The lowest BCUT2D eigenvalue weighted by atomic mass is 10.1. The number of ether oxygens (including phenoxy) is 2. The number of fused-ring (bicyclic) bond motifs is 1. The highest BCUT2D eigenvalue weighted by Crippen LogP contribution is 2.37. The Labute approximate surface area is 121 Å². The summed E-state index contributed by atoms with van der Waals surface area (Å²) in [7, 11) is 0. The molecule has 20 heavy (non-hydrogen) atoms. The van der Waals surface area contributed by atoms with Gasteiger partial charge in [-0.25, -0.2) is 0 Å². The minimum absolute atomic E-state index is 0.293. The van der Waals surface area contributed by atoms with Crippen LogP contribution in [-0.2, 0) is 11.2 Å². The van der Waals surface area contributed by atoms with Crippen molar-refractivity contribution in [3.05, 3.63) is 29.3 Å². The van der Waals surface area contributed by atoms with Gasteiger partial charge < -0.3 is 14.8 Å². The SMILES string of the molecule is CCCNC1CCc2c(OCC3CCCO3)cccc21. The predicted molar refractivity (Wildman–Crippen MR) is 80.3 cm³/mol. The average molecular weight is 275 g/mol. The molecule has 0 bridgehead atoms. The Hall–Kier alpha value is -1.06. The van der Waals surface area contributed by atoms with Gasteiger partial charge in [-0.05, 0) is 55.8 Å². The van der Waals surface area contributed by atoms with Gasteiger partial charge in [-0.3, -0.25) is 0 Å². The van der Waals surface area contributed by atoms with Crippen molar-refractivity contribution in [2.75, 3.05) is 19.8 Å². The third-order valence-corrected chi connectivity index (χ3v) is 4.32. The molecule has 1 aliphatic carbocycles. The van der Waals surface area contributed by atoms with Gasteiger partial charge in [0.2, 0.25) is 0 Å². The van der Waals surface area contributed by atoms with Gasteiger partial charge in [0.1, 0.15) is 12.4 Å². The molecule has 0 aromatic heterocycles. The molecule has 3 nitrogen and oxygen atoms in total. The first kappa shape index (κ1) is 13.9. The summed E-state index contributed by atoms with van der Waals surface area (Å²) in [5.41, 5.74) is 2.84. The van der Waals surface area contributed by atoms with Crippen LogP contribution in [0.1, 0.15) is 49.8 Å². The summed E-state index contributed by atoms with van der Waals surface area (Å²) in [5, 5.41) is 3.63. The monoisotopic (exact) mass is 275 g/mol. The molecule has 1 saturated heterocycles. The largest absolute Gasteiger partial charge is 0.491 e. The van der Waals surface area contributed by atoms with E-state index in [0.717, 1.165) is 31.7 Å². The maximum absolute atomic E-state index is 6.03. The molecule has 1 aromatic rings. The lowest BCUT2D eigenvalue weighted by Gasteiger charge is -2.16. The van der Waals surface area contributed by atoms with Gasteiger partial charge >= 0.3 is 0 Å². The molecule has 3 rings (SSSR count). The first-order chi connectivity index (χ1) is 9.88. The Morgan fingerprint density at radius 2 is 2.30 bits per heavy atom. The Balaban J connectivity index is 1.65. The molecule has 1 aromatic carbocycles. The van der Waals surface area contributed by atoms with E-state index in [2.05, 4.69) is 30.4 Å². The van der Waals surface area contributed by atoms with Crippen LogP contribution in [-0.4, -0.2) is 25.9 Å². The molecule has 0 amide bonds. The second-order valence-corrected chi connectivity index (χ2v) is 5.82. The molecule has 3 heteroatoms. The van der Waals surface area contributed by atoms with Crippen LogP contribution in [0.15, 0.2) is 18.2 Å². The first-order valence-corrected chi connectivity index (χ1v) is 7.98. The van der Waals surface area contributed by atoms with E-state index in [1.807, 2.05) is 0 Å². The Morgan fingerprint density at radius 3 is 3.10 bits per heavy atom. The van der Waals surface area contributed by atoms with Crippen LogP contribution >= 0.6 is 0 Å². The Kier molecular flexibility index (Phi) is 4.58. The quantitative estimate of drug-likeness (QED) is 0.864.